The van der Waals surface area contributed by atoms with E-state index < -0.39 is 0 Å². The lowest BCUT2D eigenvalue weighted by molar-refractivity contribution is -0.143. The van der Waals surface area contributed by atoms with E-state index in [2.05, 4.69) is 5.32 Å². The third-order valence-electron chi connectivity index (χ3n) is 3.25. The smallest absolute Gasteiger partial charge is 0.228 e. The summed E-state index contributed by atoms with van der Waals surface area (Å²) in [5.41, 5.74) is -0.338. The minimum atomic E-state index is -0.338. The maximum atomic E-state index is 12.3. The van der Waals surface area contributed by atoms with Crippen LogP contribution in [0.1, 0.15) is 19.8 Å². The molecule has 3 N–H and O–H groups in total. The maximum Gasteiger partial charge on any atom is 0.228 e. The maximum absolute atomic E-state index is 12.3. The zero-order chi connectivity index (χ0) is 12.0. The molecule has 0 aliphatic carbocycles. The summed E-state index contributed by atoms with van der Waals surface area (Å²) in [5, 5.41) is 21.0. The Morgan fingerprint density at radius 3 is 2.19 bits per heavy atom. The lowest BCUT2D eigenvalue weighted by Gasteiger charge is -2.37. The molecule has 0 unspecified atom stereocenters. The van der Waals surface area contributed by atoms with Crippen LogP contribution in [0.5, 0.6) is 0 Å². The number of aliphatic hydroxyl groups excluding tert-OH is 2. The molecule has 5 nitrogen and oxygen atoms in total. The summed E-state index contributed by atoms with van der Waals surface area (Å²) >= 11 is 0. The first-order valence-corrected chi connectivity index (χ1v) is 5.86. The molecule has 0 atom stereocenters. The molecule has 1 rings (SSSR count). The van der Waals surface area contributed by atoms with E-state index in [0.717, 1.165) is 25.9 Å². The standard InChI is InChI=1S/C11H22N2O3/c1-11(2-4-12-5-3-11)10(16)13(6-8-14)7-9-15/h12,14-15H,2-9H2,1H3. The summed E-state index contributed by atoms with van der Waals surface area (Å²) in [7, 11) is 0. The average Bonchev–Trinajstić information content (AvgIpc) is 2.29. The van der Waals surface area contributed by atoms with Crippen LogP contribution in [-0.4, -0.2) is 60.4 Å². The summed E-state index contributed by atoms with van der Waals surface area (Å²) in [5.74, 6) is 0.0529. The molecule has 16 heavy (non-hydrogen) atoms. The van der Waals surface area contributed by atoms with Crippen molar-refractivity contribution >= 4 is 5.91 Å². The van der Waals surface area contributed by atoms with Gasteiger partial charge in [-0.1, -0.05) is 6.92 Å². The van der Waals surface area contributed by atoms with Crippen LogP contribution in [-0.2, 0) is 4.79 Å². The van der Waals surface area contributed by atoms with Gasteiger partial charge in [0.1, 0.15) is 0 Å². The predicted molar refractivity (Wildman–Crippen MR) is 61.0 cm³/mol. The Kier molecular flexibility index (Phi) is 5.18. The normalized spacial score (nSPS) is 19.4. The van der Waals surface area contributed by atoms with Crippen LogP contribution in [0.25, 0.3) is 0 Å². The van der Waals surface area contributed by atoms with Gasteiger partial charge in [-0.3, -0.25) is 4.79 Å². The number of aliphatic hydroxyl groups is 2. The van der Waals surface area contributed by atoms with Crippen molar-refractivity contribution in [3.8, 4) is 0 Å². The first-order valence-electron chi connectivity index (χ1n) is 5.86. The predicted octanol–water partition coefficient (Wildman–Crippen LogP) is -0.811. The van der Waals surface area contributed by atoms with Gasteiger partial charge < -0.3 is 20.4 Å². The van der Waals surface area contributed by atoms with E-state index in [1.54, 1.807) is 4.90 Å². The topological polar surface area (TPSA) is 72.8 Å². The molecule has 1 heterocycles. The fourth-order valence-corrected chi connectivity index (χ4v) is 2.13. The fraction of sp³-hybridized carbons (Fsp3) is 0.909. The first-order chi connectivity index (χ1) is 7.64. The van der Waals surface area contributed by atoms with Gasteiger partial charge >= 0.3 is 0 Å². The summed E-state index contributed by atoms with van der Waals surface area (Å²) in [4.78, 5) is 13.8. The molecule has 0 spiro atoms. The number of piperidine rings is 1. The number of carbonyl (C=O) groups is 1. The van der Waals surface area contributed by atoms with E-state index in [-0.39, 0.29) is 24.5 Å². The minimum absolute atomic E-state index is 0.0529. The van der Waals surface area contributed by atoms with E-state index in [0.29, 0.717) is 13.1 Å². The minimum Gasteiger partial charge on any atom is -0.395 e. The summed E-state index contributed by atoms with van der Waals surface area (Å²) in [6.07, 6.45) is 1.64. The Hall–Kier alpha value is -0.650. The highest BCUT2D eigenvalue weighted by Gasteiger charge is 2.37. The number of hydrogen-bond acceptors (Lipinski definition) is 4. The van der Waals surface area contributed by atoms with Crippen molar-refractivity contribution in [2.75, 3.05) is 39.4 Å². The van der Waals surface area contributed by atoms with Crippen molar-refractivity contribution in [3.63, 3.8) is 0 Å². The highest BCUT2D eigenvalue weighted by molar-refractivity contribution is 5.82. The van der Waals surface area contributed by atoms with E-state index in [4.69, 9.17) is 10.2 Å². The SMILES string of the molecule is CC1(C(=O)N(CCO)CCO)CCNCC1. The van der Waals surface area contributed by atoms with Crippen LogP contribution in [0.4, 0.5) is 0 Å². The number of amides is 1. The Labute approximate surface area is 96.4 Å². The van der Waals surface area contributed by atoms with E-state index in [1.165, 1.54) is 0 Å². The van der Waals surface area contributed by atoms with Gasteiger partial charge in [-0.25, -0.2) is 0 Å². The number of nitrogens with one attached hydrogen (secondary N) is 1. The third kappa shape index (κ3) is 3.17. The summed E-state index contributed by atoms with van der Waals surface area (Å²) < 4.78 is 0. The Morgan fingerprint density at radius 1 is 1.25 bits per heavy atom. The van der Waals surface area contributed by atoms with Crippen molar-refractivity contribution in [3.05, 3.63) is 0 Å². The van der Waals surface area contributed by atoms with Crippen LogP contribution in [0.3, 0.4) is 0 Å². The summed E-state index contributed by atoms with van der Waals surface area (Å²) in [6, 6.07) is 0. The molecule has 1 amide bonds. The molecule has 5 heteroatoms. The van der Waals surface area contributed by atoms with Gasteiger partial charge in [-0.2, -0.15) is 0 Å². The third-order valence-corrected chi connectivity index (χ3v) is 3.25. The number of carbonyl (C=O) groups excluding carboxylic acids is 1. The lowest BCUT2D eigenvalue weighted by Crippen LogP contribution is -2.49. The van der Waals surface area contributed by atoms with Crippen molar-refractivity contribution in [1.29, 1.82) is 0 Å². The second-order valence-corrected chi connectivity index (χ2v) is 4.55. The molecule has 0 radical (unpaired) electrons. The molecular weight excluding hydrogens is 208 g/mol. The van der Waals surface area contributed by atoms with Crippen molar-refractivity contribution in [1.82, 2.24) is 10.2 Å². The molecule has 1 fully saturated rings. The largest absolute Gasteiger partial charge is 0.395 e. The van der Waals surface area contributed by atoms with Crippen molar-refractivity contribution in [2.24, 2.45) is 5.41 Å². The lowest BCUT2D eigenvalue weighted by atomic mass is 9.79. The van der Waals surface area contributed by atoms with E-state index in [9.17, 15) is 4.79 Å². The Morgan fingerprint density at radius 2 is 1.75 bits per heavy atom. The highest BCUT2D eigenvalue weighted by atomic mass is 16.3. The number of nitrogens with zero attached hydrogens (tertiary/aromatic N) is 1. The van der Waals surface area contributed by atoms with E-state index in [1.807, 2.05) is 6.92 Å². The van der Waals surface area contributed by atoms with Gasteiger partial charge in [0.2, 0.25) is 5.91 Å². The van der Waals surface area contributed by atoms with Gasteiger partial charge in [0.25, 0.3) is 0 Å². The first kappa shape index (κ1) is 13.4. The Bertz CT molecular complexity index is 221. The highest BCUT2D eigenvalue weighted by Crippen LogP contribution is 2.30. The van der Waals surface area contributed by atoms with Crippen LogP contribution in [0.2, 0.25) is 0 Å². The molecular formula is C11H22N2O3. The second-order valence-electron chi connectivity index (χ2n) is 4.55. The number of rotatable bonds is 5. The monoisotopic (exact) mass is 230 g/mol. The van der Waals surface area contributed by atoms with Gasteiger partial charge in [0, 0.05) is 18.5 Å². The van der Waals surface area contributed by atoms with Crippen LogP contribution in [0, 0.1) is 5.41 Å². The van der Waals surface area contributed by atoms with Gasteiger partial charge in [-0.05, 0) is 25.9 Å². The molecule has 0 saturated carbocycles. The molecule has 1 aliphatic rings. The molecule has 0 bridgehead atoms. The van der Waals surface area contributed by atoms with Crippen LogP contribution in [0.15, 0.2) is 0 Å². The zero-order valence-electron chi connectivity index (χ0n) is 9.91. The molecule has 0 aromatic rings. The molecule has 1 saturated heterocycles. The second kappa shape index (κ2) is 6.18. The van der Waals surface area contributed by atoms with Crippen molar-refractivity contribution < 1.29 is 15.0 Å². The van der Waals surface area contributed by atoms with Gasteiger partial charge in [0.05, 0.1) is 13.2 Å². The number of hydrogen-bond donors (Lipinski definition) is 3. The molecule has 0 aromatic heterocycles. The van der Waals surface area contributed by atoms with Crippen LogP contribution >= 0.6 is 0 Å². The molecule has 1 aliphatic heterocycles. The van der Waals surface area contributed by atoms with E-state index >= 15 is 0 Å². The van der Waals surface area contributed by atoms with Gasteiger partial charge in [-0.15, -0.1) is 0 Å². The Balaban J connectivity index is 2.63. The molecule has 94 valence electrons. The van der Waals surface area contributed by atoms with Crippen LogP contribution < -0.4 is 5.32 Å². The summed E-state index contributed by atoms with van der Waals surface area (Å²) in [6.45, 7) is 4.19. The van der Waals surface area contributed by atoms with Gasteiger partial charge in [0.15, 0.2) is 0 Å². The fourth-order valence-electron chi connectivity index (χ4n) is 2.13. The van der Waals surface area contributed by atoms with Crippen molar-refractivity contribution in [2.45, 2.75) is 19.8 Å². The quantitative estimate of drug-likeness (QED) is 0.577. The molecule has 0 aromatic carbocycles. The zero-order valence-corrected chi connectivity index (χ0v) is 9.91. The average molecular weight is 230 g/mol.